The van der Waals surface area contributed by atoms with Crippen LogP contribution in [0.5, 0.6) is 0 Å². The zero-order valence-corrected chi connectivity index (χ0v) is 19.2. The number of nitrogens with two attached hydrogens (primary N) is 1. The molecule has 0 saturated heterocycles. The molecule has 0 bridgehead atoms. The molecule has 2 amide bonds. The zero-order chi connectivity index (χ0) is 23.3. The highest BCUT2D eigenvalue weighted by Crippen LogP contribution is 2.39. The Labute approximate surface area is 195 Å². The van der Waals surface area contributed by atoms with Crippen molar-refractivity contribution in [2.24, 2.45) is 11.1 Å². The van der Waals surface area contributed by atoms with Crippen LogP contribution in [0.4, 0.5) is 5.82 Å². The molecule has 0 fully saturated rings. The van der Waals surface area contributed by atoms with Crippen LogP contribution >= 0.6 is 0 Å². The largest absolute Gasteiger partial charge is 0.335 e. The molecule has 0 saturated carbocycles. The van der Waals surface area contributed by atoms with Crippen molar-refractivity contribution in [2.75, 3.05) is 25.0 Å². The summed E-state index contributed by atoms with van der Waals surface area (Å²) in [6.45, 7) is 3.88. The Morgan fingerprint density at radius 3 is 2.79 bits per heavy atom. The van der Waals surface area contributed by atoms with E-state index in [-0.39, 0.29) is 11.8 Å². The number of benzene rings is 1. The van der Waals surface area contributed by atoms with E-state index in [2.05, 4.69) is 35.4 Å². The summed E-state index contributed by atoms with van der Waals surface area (Å²) in [5.74, 6) is 0.621. The molecule has 3 heterocycles. The molecular formula is C27H32N4O2. The van der Waals surface area contributed by atoms with Gasteiger partial charge in [0.05, 0.1) is 5.41 Å². The average Bonchev–Trinajstić information content (AvgIpc) is 2.84. The number of hydrogen-bond donors (Lipinski definition) is 2. The van der Waals surface area contributed by atoms with Crippen LogP contribution in [-0.2, 0) is 16.0 Å². The topological polar surface area (TPSA) is 88.3 Å². The van der Waals surface area contributed by atoms with E-state index in [4.69, 9.17) is 5.73 Å². The third kappa shape index (κ3) is 5.06. The molecule has 4 rings (SSSR count). The predicted octanol–water partition coefficient (Wildman–Crippen LogP) is 4.04. The third-order valence-corrected chi connectivity index (χ3v) is 6.67. The van der Waals surface area contributed by atoms with E-state index in [1.54, 1.807) is 12.3 Å². The molecule has 1 aromatic heterocycles. The average molecular weight is 445 g/mol. The molecule has 6 nitrogen and oxygen atoms in total. The minimum atomic E-state index is -0.479. The fourth-order valence-electron chi connectivity index (χ4n) is 4.89. The van der Waals surface area contributed by atoms with Crippen LogP contribution in [0, 0.1) is 5.41 Å². The monoisotopic (exact) mass is 444 g/mol. The standard InChI is InChI=1S/C27H32N4O2/c1-2-12-27(13-14-28)18-23-17-20(19-29-25(23)30-26(27)33)8-9-24(32)31-15-10-22(11-16-31)21-6-4-3-5-7-21/h3-10,17,19H,2,11-16,18,28H2,1H3,(H,29,30,33)/b9-8+. The van der Waals surface area contributed by atoms with Gasteiger partial charge in [-0.3, -0.25) is 9.59 Å². The predicted molar refractivity (Wildman–Crippen MR) is 132 cm³/mol. The van der Waals surface area contributed by atoms with Gasteiger partial charge < -0.3 is 16.0 Å². The first-order chi connectivity index (χ1) is 16.0. The Morgan fingerprint density at radius 1 is 1.27 bits per heavy atom. The summed E-state index contributed by atoms with van der Waals surface area (Å²) < 4.78 is 0. The number of pyridine rings is 1. The van der Waals surface area contributed by atoms with Gasteiger partial charge in [0.25, 0.3) is 0 Å². The first kappa shape index (κ1) is 22.9. The molecule has 0 radical (unpaired) electrons. The zero-order valence-electron chi connectivity index (χ0n) is 19.2. The van der Waals surface area contributed by atoms with Crippen LogP contribution in [0.2, 0.25) is 0 Å². The molecule has 2 aliphatic rings. The molecule has 33 heavy (non-hydrogen) atoms. The minimum Gasteiger partial charge on any atom is -0.335 e. The molecule has 0 aliphatic carbocycles. The lowest BCUT2D eigenvalue weighted by Gasteiger charge is -2.36. The second-order valence-electron chi connectivity index (χ2n) is 8.94. The van der Waals surface area contributed by atoms with Gasteiger partial charge in [-0.05, 0) is 66.6 Å². The van der Waals surface area contributed by atoms with Crippen LogP contribution in [0.3, 0.4) is 0 Å². The quantitative estimate of drug-likeness (QED) is 0.631. The number of nitrogens with zero attached hydrogens (tertiary/aromatic N) is 2. The number of amides is 2. The Morgan fingerprint density at radius 2 is 2.09 bits per heavy atom. The van der Waals surface area contributed by atoms with Gasteiger partial charge in [0.15, 0.2) is 0 Å². The highest BCUT2D eigenvalue weighted by molar-refractivity contribution is 5.98. The van der Waals surface area contributed by atoms with E-state index >= 15 is 0 Å². The molecule has 6 heteroatoms. The van der Waals surface area contributed by atoms with Gasteiger partial charge in [-0.25, -0.2) is 4.98 Å². The maximum atomic E-state index is 12.8. The van der Waals surface area contributed by atoms with Crippen molar-refractivity contribution in [2.45, 2.75) is 39.0 Å². The Balaban J connectivity index is 1.44. The summed E-state index contributed by atoms with van der Waals surface area (Å²) >= 11 is 0. The van der Waals surface area contributed by atoms with E-state index in [0.29, 0.717) is 38.3 Å². The Bertz CT molecular complexity index is 1070. The van der Waals surface area contributed by atoms with Gasteiger partial charge in [0.2, 0.25) is 11.8 Å². The van der Waals surface area contributed by atoms with E-state index < -0.39 is 5.41 Å². The number of carbonyl (C=O) groups is 2. The minimum absolute atomic E-state index is 0.00662. The van der Waals surface area contributed by atoms with Crippen LogP contribution in [0.25, 0.3) is 11.6 Å². The fraction of sp³-hybridized carbons (Fsp3) is 0.370. The van der Waals surface area contributed by atoms with Gasteiger partial charge in [0.1, 0.15) is 5.82 Å². The first-order valence-electron chi connectivity index (χ1n) is 11.8. The van der Waals surface area contributed by atoms with Crippen molar-refractivity contribution in [3.8, 4) is 0 Å². The lowest BCUT2D eigenvalue weighted by atomic mass is 9.72. The Kier molecular flexibility index (Phi) is 7.04. The number of carbonyl (C=O) groups excluding carboxylic acids is 2. The molecule has 1 aromatic carbocycles. The molecule has 3 N–H and O–H groups in total. The van der Waals surface area contributed by atoms with Crippen LogP contribution in [0.1, 0.15) is 49.3 Å². The van der Waals surface area contributed by atoms with Crippen LogP contribution in [0.15, 0.2) is 54.7 Å². The molecular weight excluding hydrogens is 412 g/mol. The summed E-state index contributed by atoms with van der Waals surface area (Å²) in [7, 11) is 0. The first-order valence-corrected chi connectivity index (χ1v) is 11.8. The van der Waals surface area contributed by atoms with Crippen molar-refractivity contribution in [1.29, 1.82) is 0 Å². The number of hydrogen-bond acceptors (Lipinski definition) is 4. The highest BCUT2D eigenvalue weighted by Gasteiger charge is 2.41. The Hall–Kier alpha value is -3.25. The van der Waals surface area contributed by atoms with Gasteiger partial charge in [-0.1, -0.05) is 49.8 Å². The number of nitrogens with one attached hydrogen (secondary N) is 1. The number of fused-ring (bicyclic) bond motifs is 1. The fourth-order valence-corrected chi connectivity index (χ4v) is 4.89. The van der Waals surface area contributed by atoms with Crippen molar-refractivity contribution >= 4 is 29.3 Å². The van der Waals surface area contributed by atoms with E-state index in [0.717, 1.165) is 30.4 Å². The van der Waals surface area contributed by atoms with Crippen LogP contribution in [-0.4, -0.2) is 41.3 Å². The molecule has 172 valence electrons. The SMILES string of the molecule is CCCC1(CCN)Cc2cc(/C=C/C(=O)N3CC=C(c4ccccc4)CC3)cnc2NC1=O. The number of aromatic nitrogens is 1. The van der Waals surface area contributed by atoms with Crippen molar-refractivity contribution in [3.63, 3.8) is 0 Å². The lowest BCUT2D eigenvalue weighted by molar-refractivity contribution is -0.127. The van der Waals surface area contributed by atoms with Gasteiger partial charge in [0, 0.05) is 25.4 Å². The van der Waals surface area contributed by atoms with Crippen molar-refractivity contribution < 1.29 is 9.59 Å². The number of rotatable bonds is 7. The maximum Gasteiger partial charge on any atom is 0.246 e. The van der Waals surface area contributed by atoms with Crippen molar-refractivity contribution in [3.05, 3.63) is 71.4 Å². The van der Waals surface area contributed by atoms with Gasteiger partial charge >= 0.3 is 0 Å². The van der Waals surface area contributed by atoms with Crippen molar-refractivity contribution in [1.82, 2.24) is 9.88 Å². The summed E-state index contributed by atoms with van der Waals surface area (Å²) in [6.07, 6.45) is 11.1. The summed E-state index contributed by atoms with van der Waals surface area (Å²) in [5, 5.41) is 2.97. The van der Waals surface area contributed by atoms with Crippen LogP contribution < -0.4 is 11.1 Å². The summed E-state index contributed by atoms with van der Waals surface area (Å²) in [5.41, 5.74) is 9.72. The summed E-state index contributed by atoms with van der Waals surface area (Å²) in [6, 6.07) is 12.3. The highest BCUT2D eigenvalue weighted by atomic mass is 16.2. The second-order valence-corrected chi connectivity index (χ2v) is 8.94. The second kappa shape index (κ2) is 10.1. The van der Waals surface area contributed by atoms with E-state index in [1.807, 2.05) is 35.2 Å². The molecule has 0 spiro atoms. The van der Waals surface area contributed by atoms with E-state index in [9.17, 15) is 9.59 Å². The smallest absolute Gasteiger partial charge is 0.246 e. The molecule has 2 aromatic rings. The van der Waals surface area contributed by atoms with Gasteiger partial charge in [-0.2, -0.15) is 0 Å². The number of anilines is 1. The molecule has 1 atom stereocenters. The lowest BCUT2D eigenvalue weighted by Crippen LogP contribution is -2.43. The third-order valence-electron chi connectivity index (χ3n) is 6.67. The normalized spacial score (nSPS) is 20.4. The van der Waals surface area contributed by atoms with Gasteiger partial charge in [-0.15, -0.1) is 0 Å². The maximum absolute atomic E-state index is 12.8. The molecule has 1 unspecified atom stereocenters. The summed E-state index contributed by atoms with van der Waals surface area (Å²) in [4.78, 5) is 31.8. The molecule has 2 aliphatic heterocycles. The van der Waals surface area contributed by atoms with E-state index in [1.165, 1.54) is 11.1 Å².